The summed E-state index contributed by atoms with van der Waals surface area (Å²) in [5.41, 5.74) is 2.52. The maximum Gasteiger partial charge on any atom is 0.258 e. The summed E-state index contributed by atoms with van der Waals surface area (Å²) < 4.78 is 53.8. The fraction of sp³-hybridized carbons (Fsp3) is 0.160. The first-order valence-corrected chi connectivity index (χ1v) is 26.5. The van der Waals surface area contributed by atoms with Crippen molar-refractivity contribution in [3.8, 4) is 17.2 Å². The van der Waals surface area contributed by atoms with E-state index < -0.39 is 59.6 Å². The number of sulfone groups is 2. The average molecular weight is 1110 g/mol. The first-order valence-electron chi connectivity index (χ1n) is 21.9. The molecule has 0 radical (unpaired) electrons. The van der Waals surface area contributed by atoms with Gasteiger partial charge in [0.25, 0.3) is 11.8 Å². The molecular weight excluding hydrogens is 1060 g/mol. The molecule has 23 heteroatoms. The number of carbonyl (C=O) groups is 4. The van der Waals surface area contributed by atoms with Gasteiger partial charge in [0.1, 0.15) is 32.3 Å². The smallest absolute Gasteiger partial charge is 0.258 e. The number of nitrogens with zero attached hydrogens (tertiary/aromatic N) is 3. The van der Waals surface area contributed by atoms with E-state index in [0.717, 1.165) is 28.9 Å². The first-order chi connectivity index (χ1) is 34.5. The van der Waals surface area contributed by atoms with Crippen molar-refractivity contribution in [1.82, 2.24) is 14.8 Å². The summed E-state index contributed by atoms with van der Waals surface area (Å²) in [6.45, 7) is 6.68. The summed E-state index contributed by atoms with van der Waals surface area (Å²) in [7, 11) is -7.95. The van der Waals surface area contributed by atoms with Gasteiger partial charge in [-0.15, -0.1) is 0 Å². The van der Waals surface area contributed by atoms with Gasteiger partial charge in [-0.25, -0.2) is 26.5 Å². The van der Waals surface area contributed by atoms with Crippen molar-refractivity contribution in [3.05, 3.63) is 170 Å². The van der Waals surface area contributed by atoms with Crippen LogP contribution in [0.5, 0.6) is 11.5 Å². The number of pyridine rings is 1. The number of benzene rings is 5. The molecule has 0 saturated heterocycles. The minimum atomic E-state index is -3.98. The van der Waals surface area contributed by atoms with Gasteiger partial charge in [0, 0.05) is 23.9 Å². The Labute approximate surface area is 440 Å². The van der Waals surface area contributed by atoms with Crippen LogP contribution < -0.4 is 21.3 Å². The van der Waals surface area contributed by atoms with Crippen LogP contribution in [0.3, 0.4) is 0 Å². The van der Waals surface area contributed by atoms with Crippen molar-refractivity contribution in [2.24, 2.45) is 0 Å². The predicted molar refractivity (Wildman–Crippen MR) is 282 cm³/mol. The lowest BCUT2D eigenvalue weighted by Crippen LogP contribution is -2.34. The second-order valence-electron chi connectivity index (χ2n) is 16.1. The van der Waals surface area contributed by atoms with Gasteiger partial charge in [-0.1, -0.05) is 103 Å². The molecule has 0 aliphatic rings. The number of para-hydroxylation sites is 1. The summed E-state index contributed by atoms with van der Waals surface area (Å²) in [6.07, 6.45) is 2.96. The summed E-state index contributed by atoms with van der Waals surface area (Å²) >= 11 is 24.2. The molecule has 2 aromatic heterocycles. The average Bonchev–Trinajstić information content (AvgIpc) is 3.84. The normalized spacial score (nSPS) is 12.1. The molecule has 5 aromatic carbocycles. The number of phenolic OH excluding ortho intramolecular Hbond substituents is 2. The molecule has 0 spiro atoms. The number of aryl methyl sites for hydroxylation is 2. The number of hydrogen-bond acceptors (Lipinski definition) is 12. The monoisotopic (exact) mass is 1110 g/mol. The lowest BCUT2D eigenvalue weighted by Gasteiger charge is -2.18. The number of carbonyl (C=O) groups excluding carboxylic acids is 4. The Bertz CT molecular complexity index is 3450. The predicted octanol–water partition coefficient (Wildman–Crippen LogP) is 10.5. The van der Waals surface area contributed by atoms with E-state index in [2.05, 4.69) is 31.3 Å². The number of hydrogen-bond donors (Lipinski definition) is 6. The minimum Gasteiger partial charge on any atom is -0.506 e. The number of phenols is 2. The van der Waals surface area contributed by atoms with Gasteiger partial charge < -0.3 is 31.5 Å². The highest BCUT2D eigenvalue weighted by Gasteiger charge is 2.34. The molecule has 0 aliphatic carbocycles. The highest BCUT2D eigenvalue weighted by atomic mass is 35.5. The van der Waals surface area contributed by atoms with Crippen molar-refractivity contribution in [2.45, 2.75) is 60.8 Å². The van der Waals surface area contributed by atoms with Crippen molar-refractivity contribution < 1.29 is 46.2 Å². The van der Waals surface area contributed by atoms with Crippen LogP contribution in [-0.4, -0.2) is 75.9 Å². The summed E-state index contributed by atoms with van der Waals surface area (Å²) in [5.74, 6) is -3.57. The number of nitrogens with one attached hydrogen (secondary N) is 4. The second kappa shape index (κ2) is 23.7. The molecule has 0 saturated carbocycles. The Morgan fingerprint density at radius 3 is 1.42 bits per heavy atom. The van der Waals surface area contributed by atoms with E-state index in [9.17, 15) is 46.2 Å². The summed E-state index contributed by atoms with van der Waals surface area (Å²) in [4.78, 5) is 54.9. The van der Waals surface area contributed by atoms with Crippen LogP contribution in [0.1, 0.15) is 58.5 Å². The zero-order valence-corrected chi connectivity index (χ0v) is 43.7. The third kappa shape index (κ3) is 13.5. The van der Waals surface area contributed by atoms with Crippen LogP contribution in [0.25, 0.3) is 5.69 Å². The number of anilines is 4. The van der Waals surface area contributed by atoms with Gasteiger partial charge in [-0.2, -0.15) is 5.10 Å². The first kappa shape index (κ1) is 55.3. The largest absolute Gasteiger partial charge is 0.506 e. The van der Waals surface area contributed by atoms with Crippen molar-refractivity contribution in [3.63, 3.8) is 0 Å². The van der Waals surface area contributed by atoms with Crippen LogP contribution >= 0.6 is 46.4 Å². The van der Waals surface area contributed by atoms with E-state index in [1.165, 1.54) is 65.6 Å². The molecule has 6 N–H and O–H groups in total. The number of aromatic nitrogens is 3. The Hall–Kier alpha value is -7.00. The van der Waals surface area contributed by atoms with Crippen molar-refractivity contribution in [1.29, 1.82) is 0 Å². The maximum absolute atomic E-state index is 13.1. The fourth-order valence-electron chi connectivity index (χ4n) is 7.09. The number of rotatable bonds is 15. The Morgan fingerprint density at radius 2 is 1.00 bits per heavy atom. The van der Waals surface area contributed by atoms with E-state index in [0.29, 0.717) is 0 Å². The Morgan fingerprint density at radius 1 is 0.562 bits per heavy atom. The second-order valence-corrected chi connectivity index (χ2v) is 22.0. The third-order valence-electron chi connectivity index (χ3n) is 10.8. The minimum absolute atomic E-state index is 0.00181. The number of halogens is 4. The van der Waals surface area contributed by atoms with Gasteiger partial charge >= 0.3 is 0 Å². The van der Waals surface area contributed by atoms with Crippen molar-refractivity contribution in [2.75, 3.05) is 21.3 Å². The molecule has 2 heterocycles. The molecule has 0 fully saturated rings. The van der Waals surface area contributed by atoms with E-state index in [4.69, 9.17) is 46.4 Å². The topological polar surface area (TPSA) is 256 Å². The molecule has 2 unspecified atom stereocenters. The lowest BCUT2D eigenvalue weighted by molar-refractivity contribution is -0.116. The number of aromatic hydroxyl groups is 2. The molecule has 2 atom stereocenters. The van der Waals surface area contributed by atoms with E-state index >= 15 is 0 Å². The lowest BCUT2D eigenvalue weighted by atomic mass is 10.2. The van der Waals surface area contributed by atoms with Gasteiger partial charge in [-0.3, -0.25) is 19.2 Å². The third-order valence-corrected chi connectivity index (χ3v) is 16.2. The van der Waals surface area contributed by atoms with Crippen molar-refractivity contribution >= 4 is 112 Å². The quantitative estimate of drug-likeness (QED) is 0.0414. The molecule has 0 aliphatic heterocycles. The standard InChI is InChI=1S/C27H25ClN4O5S.C23H20Cl3N3O5S/c1-3-25(38(36,37)20-11-7-8-17(2)12-20)27(35)30-22-14-24(33)23(13-21(22)28)31-26(34)18-15-29-32(16-18)19-9-5-4-6-10-19;1-3-19(35(33,34)14-6-4-5-12(2)7-14)23(32)27-16-11-18(30)17(10-15(16)24)28-22(31)13-8-20(25)29-21(26)9-13/h4-16,25,33H,3H2,1-2H3,(H,30,35)(H,31,34);4-11,19,30H,3H2,1-2H3,(H,27,32)(H,28,31). The Kier molecular flexibility index (Phi) is 18.0. The van der Waals surface area contributed by atoms with Crippen LogP contribution in [0.2, 0.25) is 20.4 Å². The highest BCUT2D eigenvalue weighted by molar-refractivity contribution is 7.93. The van der Waals surface area contributed by atoms with Gasteiger partial charge in [-0.05, 0) is 98.5 Å². The highest BCUT2D eigenvalue weighted by Crippen LogP contribution is 2.37. The van der Waals surface area contributed by atoms with Gasteiger partial charge in [0.2, 0.25) is 11.8 Å². The molecule has 380 valence electrons. The molecule has 4 amide bonds. The van der Waals surface area contributed by atoms with Crippen LogP contribution in [0.15, 0.2) is 137 Å². The Balaban J connectivity index is 0.000000239. The number of amides is 4. The van der Waals surface area contributed by atoms with E-state index in [-0.39, 0.29) is 82.6 Å². The van der Waals surface area contributed by atoms with Crippen LogP contribution in [0.4, 0.5) is 22.7 Å². The zero-order valence-electron chi connectivity index (χ0n) is 39.0. The van der Waals surface area contributed by atoms with Gasteiger partial charge in [0.15, 0.2) is 19.7 Å². The van der Waals surface area contributed by atoms with Crippen LogP contribution in [0, 0.1) is 13.8 Å². The van der Waals surface area contributed by atoms with Crippen LogP contribution in [-0.2, 0) is 29.3 Å². The molecule has 0 bridgehead atoms. The van der Waals surface area contributed by atoms with Gasteiger partial charge in [0.05, 0.1) is 60.0 Å². The van der Waals surface area contributed by atoms with E-state index in [1.807, 2.05) is 30.3 Å². The maximum atomic E-state index is 13.1. The van der Waals surface area contributed by atoms with E-state index in [1.54, 1.807) is 52.0 Å². The molecular formula is C50H45Cl4N7O10S2. The zero-order chi connectivity index (χ0) is 53.4. The molecule has 7 aromatic rings. The SMILES string of the molecule is CCC(C(=O)Nc1cc(O)c(NC(=O)c2cc(Cl)nc(Cl)c2)cc1Cl)S(=O)(=O)c1cccc(C)c1.CCC(C(=O)Nc1cc(O)c(NC(=O)c2cnn(-c3ccccc3)c2)cc1Cl)S(=O)(=O)c1cccc(C)c1. The molecule has 7 rings (SSSR count). The fourth-order valence-corrected chi connectivity index (χ4v) is 11.4. The summed E-state index contributed by atoms with van der Waals surface area (Å²) in [5, 5.41) is 32.3. The molecule has 73 heavy (non-hydrogen) atoms. The summed E-state index contributed by atoms with van der Waals surface area (Å²) in [6, 6.07) is 29.1. The molecule has 17 nitrogen and oxygen atoms in total.